The molecule has 1 aliphatic heterocycles. The van der Waals surface area contributed by atoms with Crippen molar-refractivity contribution in [3.63, 3.8) is 0 Å². The summed E-state index contributed by atoms with van der Waals surface area (Å²) in [5.74, 6) is 2.84. The summed E-state index contributed by atoms with van der Waals surface area (Å²) in [6.07, 6.45) is 3.85. The zero-order valence-electron chi connectivity index (χ0n) is 11.3. The van der Waals surface area contributed by atoms with E-state index in [1.54, 1.807) is 0 Å². The van der Waals surface area contributed by atoms with Crippen molar-refractivity contribution in [2.24, 2.45) is 0 Å². The molecule has 1 fully saturated rings. The number of nitrogens with one attached hydrogen (secondary N) is 1. The van der Waals surface area contributed by atoms with Gasteiger partial charge in [-0.2, -0.15) is 11.8 Å². The molecule has 18 heavy (non-hydrogen) atoms. The molecule has 1 saturated heterocycles. The minimum atomic E-state index is 0.0633. The molecule has 2 rings (SSSR count). The third-order valence-corrected chi connectivity index (χ3v) is 3.65. The first-order valence-electron chi connectivity index (χ1n) is 6.30. The van der Waals surface area contributed by atoms with Crippen LogP contribution in [-0.4, -0.2) is 33.6 Å². The second kappa shape index (κ2) is 5.99. The molecule has 100 valence electrons. The molecule has 1 aliphatic rings. The van der Waals surface area contributed by atoms with Gasteiger partial charge in [-0.1, -0.05) is 0 Å². The fraction of sp³-hybridized carbons (Fsp3) is 0.692. The summed E-state index contributed by atoms with van der Waals surface area (Å²) >= 11 is 1.90. The zero-order valence-corrected chi connectivity index (χ0v) is 12.1. The topological polar surface area (TPSA) is 47.0 Å². The zero-order chi connectivity index (χ0) is 13.0. The SMILES string of the molecule is CC(C)(C)NCc1cnc(C2CSCCO2)nc1. The maximum atomic E-state index is 5.66. The van der Waals surface area contributed by atoms with Crippen LogP contribution in [0.5, 0.6) is 0 Å². The van der Waals surface area contributed by atoms with E-state index in [4.69, 9.17) is 4.74 Å². The van der Waals surface area contributed by atoms with Gasteiger partial charge >= 0.3 is 0 Å². The third-order valence-electron chi connectivity index (χ3n) is 2.65. The number of ether oxygens (including phenoxy) is 1. The van der Waals surface area contributed by atoms with Crippen molar-refractivity contribution in [3.05, 3.63) is 23.8 Å². The van der Waals surface area contributed by atoms with E-state index < -0.39 is 0 Å². The Balaban J connectivity index is 1.92. The number of aromatic nitrogens is 2. The summed E-state index contributed by atoms with van der Waals surface area (Å²) in [7, 11) is 0. The number of thioether (sulfide) groups is 1. The van der Waals surface area contributed by atoms with E-state index in [0.29, 0.717) is 0 Å². The van der Waals surface area contributed by atoms with Gasteiger partial charge in [0, 0.05) is 41.5 Å². The molecule has 1 unspecified atom stereocenters. The molecule has 0 aliphatic carbocycles. The Morgan fingerprint density at radius 2 is 2.11 bits per heavy atom. The Bertz CT molecular complexity index is 369. The summed E-state index contributed by atoms with van der Waals surface area (Å²) in [5.41, 5.74) is 1.22. The van der Waals surface area contributed by atoms with Crippen LogP contribution < -0.4 is 5.32 Å². The summed E-state index contributed by atoms with van der Waals surface area (Å²) in [5, 5.41) is 3.42. The minimum absolute atomic E-state index is 0.0633. The van der Waals surface area contributed by atoms with E-state index in [9.17, 15) is 0 Å². The van der Waals surface area contributed by atoms with E-state index in [0.717, 1.165) is 36.0 Å². The van der Waals surface area contributed by atoms with Crippen LogP contribution in [0.4, 0.5) is 0 Å². The minimum Gasteiger partial charge on any atom is -0.368 e. The maximum absolute atomic E-state index is 5.66. The van der Waals surface area contributed by atoms with E-state index in [-0.39, 0.29) is 11.6 Å². The second-order valence-electron chi connectivity index (χ2n) is 5.49. The van der Waals surface area contributed by atoms with Crippen molar-refractivity contribution in [3.8, 4) is 0 Å². The molecule has 2 heterocycles. The first-order valence-corrected chi connectivity index (χ1v) is 7.45. The molecule has 1 aromatic rings. The fourth-order valence-corrected chi connectivity index (χ4v) is 2.47. The van der Waals surface area contributed by atoms with Crippen LogP contribution in [0.2, 0.25) is 0 Å². The fourth-order valence-electron chi connectivity index (χ4n) is 1.63. The molecule has 0 bridgehead atoms. The molecule has 4 nitrogen and oxygen atoms in total. The lowest BCUT2D eigenvalue weighted by molar-refractivity contribution is 0.0693. The van der Waals surface area contributed by atoms with Gasteiger partial charge in [0.25, 0.3) is 0 Å². The third kappa shape index (κ3) is 4.23. The van der Waals surface area contributed by atoms with E-state index in [1.807, 2.05) is 24.2 Å². The molecule has 0 amide bonds. The van der Waals surface area contributed by atoms with Crippen molar-refractivity contribution in [1.82, 2.24) is 15.3 Å². The average Bonchev–Trinajstić information content (AvgIpc) is 2.37. The van der Waals surface area contributed by atoms with E-state index >= 15 is 0 Å². The molecule has 0 aromatic carbocycles. The lowest BCUT2D eigenvalue weighted by atomic mass is 10.1. The molecular weight excluding hydrogens is 246 g/mol. The van der Waals surface area contributed by atoms with Crippen LogP contribution in [-0.2, 0) is 11.3 Å². The predicted octanol–water partition coefficient (Wildman–Crippen LogP) is 2.17. The van der Waals surface area contributed by atoms with E-state index in [2.05, 4.69) is 36.1 Å². The number of hydrogen-bond acceptors (Lipinski definition) is 5. The molecule has 0 saturated carbocycles. The highest BCUT2D eigenvalue weighted by Gasteiger charge is 2.19. The van der Waals surface area contributed by atoms with Gasteiger partial charge in [-0.3, -0.25) is 0 Å². The van der Waals surface area contributed by atoms with Crippen LogP contribution in [0.1, 0.15) is 38.3 Å². The molecule has 0 spiro atoms. The van der Waals surface area contributed by atoms with Gasteiger partial charge in [0.1, 0.15) is 6.10 Å². The molecular formula is C13H21N3OS. The van der Waals surface area contributed by atoms with Crippen LogP contribution in [0.25, 0.3) is 0 Å². The van der Waals surface area contributed by atoms with Crippen LogP contribution in [0.3, 0.4) is 0 Å². The van der Waals surface area contributed by atoms with Gasteiger partial charge in [-0.25, -0.2) is 9.97 Å². The first kappa shape index (κ1) is 13.8. The van der Waals surface area contributed by atoms with Gasteiger partial charge in [0.15, 0.2) is 5.82 Å². The Morgan fingerprint density at radius 3 is 2.67 bits per heavy atom. The van der Waals surface area contributed by atoms with Crippen molar-refractivity contribution in [2.75, 3.05) is 18.1 Å². The largest absolute Gasteiger partial charge is 0.368 e. The van der Waals surface area contributed by atoms with Crippen molar-refractivity contribution in [1.29, 1.82) is 0 Å². The first-order chi connectivity index (χ1) is 8.54. The Labute approximate surface area is 113 Å². The molecule has 1 atom stereocenters. The molecule has 0 radical (unpaired) electrons. The number of hydrogen-bond donors (Lipinski definition) is 1. The van der Waals surface area contributed by atoms with Gasteiger partial charge < -0.3 is 10.1 Å². The van der Waals surface area contributed by atoms with Gasteiger partial charge in [0.2, 0.25) is 0 Å². The van der Waals surface area contributed by atoms with Gasteiger partial charge in [0.05, 0.1) is 6.61 Å². The molecule has 5 heteroatoms. The molecule has 1 N–H and O–H groups in total. The standard InChI is InChI=1S/C13H21N3OS/c1-13(2,3)16-8-10-6-14-12(15-7-10)11-9-18-5-4-17-11/h6-7,11,16H,4-5,8-9H2,1-3H3. The quantitative estimate of drug-likeness (QED) is 0.909. The normalized spacial score (nSPS) is 20.9. The van der Waals surface area contributed by atoms with Crippen LogP contribution >= 0.6 is 11.8 Å². The van der Waals surface area contributed by atoms with Crippen molar-refractivity contribution >= 4 is 11.8 Å². The highest BCUT2D eigenvalue weighted by molar-refractivity contribution is 7.99. The van der Waals surface area contributed by atoms with Crippen molar-refractivity contribution < 1.29 is 4.74 Å². The number of rotatable bonds is 3. The summed E-state index contributed by atoms with van der Waals surface area (Å²) in [6.45, 7) is 8.04. The summed E-state index contributed by atoms with van der Waals surface area (Å²) < 4.78 is 5.66. The lowest BCUT2D eigenvalue weighted by Crippen LogP contribution is -2.35. The highest BCUT2D eigenvalue weighted by atomic mass is 32.2. The Morgan fingerprint density at radius 1 is 1.39 bits per heavy atom. The van der Waals surface area contributed by atoms with Crippen LogP contribution in [0.15, 0.2) is 12.4 Å². The molecule has 1 aromatic heterocycles. The number of nitrogens with zero attached hydrogens (tertiary/aromatic N) is 2. The lowest BCUT2D eigenvalue weighted by Gasteiger charge is -2.22. The maximum Gasteiger partial charge on any atom is 0.157 e. The average molecular weight is 267 g/mol. The monoisotopic (exact) mass is 267 g/mol. The Hall–Kier alpha value is -0.650. The van der Waals surface area contributed by atoms with Crippen LogP contribution in [0, 0.1) is 0 Å². The summed E-state index contributed by atoms with van der Waals surface area (Å²) in [4.78, 5) is 8.83. The smallest absolute Gasteiger partial charge is 0.157 e. The van der Waals surface area contributed by atoms with Crippen molar-refractivity contribution in [2.45, 2.75) is 39.0 Å². The second-order valence-corrected chi connectivity index (χ2v) is 6.64. The summed E-state index contributed by atoms with van der Waals surface area (Å²) in [6, 6.07) is 0. The highest BCUT2D eigenvalue weighted by Crippen LogP contribution is 2.23. The van der Waals surface area contributed by atoms with Gasteiger partial charge in [-0.05, 0) is 20.8 Å². The van der Waals surface area contributed by atoms with Gasteiger partial charge in [-0.15, -0.1) is 0 Å². The predicted molar refractivity (Wildman–Crippen MR) is 74.6 cm³/mol. The van der Waals surface area contributed by atoms with E-state index in [1.165, 1.54) is 0 Å². The Kier molecular flexibility index (Phi) is 4.59.